The van der Waals surface area contributed by atoms with E-state index in [0.717, 1.165) is 18.4 Å². The highest BCUT2D eigenvalue weighted by atomic mass is 35.5. The predicted octanol–water partition coefficient (Wildman–Crippen LogP) is 1.92. The van der Waals surface area contributed by atoms with Crippen molar-refractivity contribution in [3.05, 3.63) is 28.8 Å². The summed E-state index contributed by atoms with van der Waals surface area (Å²) in [5.41, 5.74) is 0.833. The fourth-order valence-electron chi connectivity index (χ4n) is 2.19. The largest absolute Gasteiger partial charge is 0.306 e. The Kier molecular flexibility index (Phi) is 2.28. The Morgan fingerprint density at radius 3 is 2.75 bits per heavy atom. The highest BCUT2D eigenvalue weighted by molar-refractivity contribution is 7.92. The lowest BCUT2D eigenvalue weighted by atomic mass is 10.1. The van der Waals surface area contributed by atoms with Gasteiger partial charge in [0.2, 0.25) is 0 Å². The molecule has 3 nitrogen and oxygen atoms in total. The van der Waals surface area contributed by atoms with Gasteiger partial charge in [-0.05, 0) is 24.5 Å². The van der Waals surface area contributed by atoms with E-state index in [2.05, 4.69) is 5.32 Å². The van der Waals surface area contributed by atoms with E-state index >= 15 is 0 Å². The molecule has 86 valence electrons. The van der Waals surface area contributed by atoms with Gasteiger partial charge in [-0.3, -0.25) is 0 Å². The Balaban J connectivity index is 2.07. The van der Waals surface area contributed by atoms with Crippen LogP contribution < -0.4 is 5.32 Å². The van der Waals surface area contributed by atoms with Gasteiger partial charge in [-0.2, -0.15) is 0 Å². The average Bonchev–Trinajstić information content (AvgIpc) is 2.95. The molecule has 1 N–H and O–H groups in total. The topological polar surface area (TPSA) is 46.2 Å². The number of rotatable bonds is 2. The van der Waals surface area contributed by atoms with Crippen LogP contribution in [0.4, 0.5) is 0 Å². The average molecular weight is 258 g/mol. The first kappa shape index (κ1) is 10.6. The summed E-state index contributed by atoms with van der Waals surface area (Å²) in [5.74, 6) is 0.141. The zero-order valence-electron chi connectivity index (χ0n) is 8.61. The van der Waals surface area contributed by atoms with Gasteiger partial charge in [0, 0.05) is 12.1 Å². The van der Waals surface area contributed by atoms with E-state index < -0.39 is 9.84 Å². The van der Waals surface area contributed by atoms with Crippen LogP contribution in [0.1, 0.15) is 24.4 Å². The van der Waals surface area contributed by atoms with Crippen LogP contribution in [0.5, 0.6) is 0 Å². The lowest BCUT2D eigenvalue weighted by Crippen LogP contribution is -2.24. The van der Waals surface area contributed by atoms with Gasteiger partial charge in [-0.1, -0.05) is 23.7 Å². The molecule has 1 saturated carbocycles. The van der Waals surface area contributed by atoms with Crippen LogP contribution in [0.25, 0.3) is 0 Å². The van der Waals surface area contributed by atoms with Crippen molar-refractivity contribution >= 4 is 21.4 Å². The van der Waals surface area contributed by atoms with Crippen LogP contribution in [-0.4, -0.2) is 20.2 Å². The minimum atomic E-state index is -3.20. The third kappa shape index (κ3) is 1.65. The zero-order valence-corrected chi connectivity index (χ0v) is 10.2. The second-order valence-corrected chi connectivity index (χ2v) is 6.81. The fourth-order valence-corrected chi connectivity index (χ4v) is 4.54. The van der Waals surface area contributed by atoms with Crippen molar-refractivity contribution in [3.63, 3.8) is 0 Å². The molecule has 5 heteroatoms. The second kappa shape index (κ2) is 3.45. The third-order valence-electron chi connectivity index (χ3n) is 3.08. The van der Waals surface area contributed by atoms with E-state index in [1.807, 2.05) is 12.1 Å². The van der Waals surface area contributed by atoms with Gasteiger partial charge in [0.05, 0.1) is 15.7 Å². The number of hydrogen-bond acceptors (Lipinski definition) is 3. The van der Waals surface area contributed by atoms with Crippen molar-refractivity contribution in [2.24, 2.45) is 0 Å². The van der Waals surface area contributed by atoms with Gasteiger partial charge >= 0.3 is 0 Å². The number of sulfone groups is 1. The minimum Gasteiger partial charge on any atom is -0.306 e. The summed E-state index contributed by atoms with van der Waals surface area (Å²) in [6.45, 7) is 0. The van der Waals surface area contributed by atoms with Crippen LogP contribution in [0.15, 0.2) is 23.1 Å². The molecule has 0 radical (unpaired) electrons. The molecule has 1 aromatic carbocycles. The van der Waals surface area contributed by atoms with Crippen LogP contribution in [0.3, 0.4) is 0 Å². The zero-order chi connectivity index (χ0) is 11.3. The maximum atomic E-state index is 12.0. The third-order valence-corrected chi connectivity index (χ3v) is 5.36. The first-order valence-corrected chi connectivity index (χ1v) is 7.38. The number of halogens is 1. The molecule has 1 aromatic rings. The molecule has 1 fully saturated rings. The maximum Gasteiger partial charge on any atom is 0.182 e. The van der Waals surface area contributed by atoms with Crippen molar-refractivity contribution in [2.45, 2.75) is 29.8 Å². The molecule has 0 spiro atoms. The van der Waals surface area contributed by atoms with Gasteiger partial charge in [-0.15, -0.1) is 0 Å². The Labute approximate surface area is 99.7 Å². The van der Waals surface area contributed by atoms with Crippen molar-refractivity contribution in [3.8, 4) is 0 Å². The van der Waals surface area contributed by atoms with Crippen molar-refractivity contribution in [1.82, 2.24) is 5.32 Å². The molecule has 1 unspecified atom stereocenters. The van der Waals surface area contributed by atoms with E-state index in [1.165, 1.54) is 0 Å². The number of hydrogen-bond donors (Lipinski definition) is 1. The standard InChI is InChI=1S/C11H12ClNO2S/c12-9-3-1-2-8-10(13-7-4-5-7)6-16(14,15)11(8)9/h1-3,7,10,13H,4-6H2. The van der Waals surface area contributed by atoms with Crippen LogP contribution in [-0.2, 0) is 9.84 Å². The van der Waals surface area contributed by atoms with E-state index in [-0.39, 0.29) is 11.8 Å². The molecular weight excluding hydrogens is 246 g/mol. The monoisotopic (exact) mass is 257 g/mol. The Morgan fingerprint density at radius 1 is 1.31 bits per heavy atom. The van der Waals surface area contributed by atoms with Gasteiger partial charge in [-0.25, -0.2) is 8.42 Å². The highest BCUT2D eigenvalue weighted by Gasteiger charge is 2.38. The predicted molar refractivity (Wildman–Crippen MR) is 62.4 cm³/mol. The Hall–Kier alpha value is -0.580. The van der Waals surface area contributed by atoms with Gasteiger partial charge in [0.25, 0.3) is 0 Å². The summed E-state index contributed by atoms with van der Waals surface area (Å²) in [4.78, 5) is 0.329. The summed E-state index contributed by atoms with van der Waals surface area (Å²) in [7, 11) is -3.20. The van der Waals surface area contributed by atoms with Crippen LogP contribution in [0, 0.1) is 0 Å². The summed E-state index contributed by atoms with van der Waals surface area (Å²) >= 11 is 5.96. The Bertz CT molecular complexity index is 537. The van der Waals surface area contributed by atoms with E-state index in [4.69, 9.17) is 11.6 Å². The molecule has 0 saturated heterocycles. The number of fused-ring (bicyclic) bond motifs is 1. The van der Waals surface area contributed by atoms with Gasteiger partial charge < -0.3 is 5.32 Å². The molecule has 0 bridgehead atoms. The molecule has 1 heterocycles. The molecule has 1 aliphatic heterocycles. The first-order chi connectivity index (χ1) is 7.58. The number of nitrogens with one attached hydrogen (secondary N) is 1. The van der Waals surface area contributed by atoms with E-state index in [1.54, 1.807) is 6.07 Å². The lowest BCUT2D eigenvalue weighted by Gasteiger charge is -2.11. The minimum absolute atomic E-state index is 0.0776. The van der Waals surface area contributed by atoms with Gasteiger partial charge in [0.1, 0.15) is 0 Å². The Morgan fingerprint density at radius 2 is 2.06 bits per heavy atom. The molecule has 2 aliphatic rings. The summed E-state index contributed by atoms with van der Waals surface area (Å²) in [6.07, 6.45) is 2.29. The summed E-state index contributed by atoms with van der Waals surface area (Å²) < 4.78 is 23.9. The molecule has 3 rings (SSSR count). The molecule has 0 aromatic heterocycles. The van der Waals surface area contributed by atoms with Crippen molar-refractivity contribution in [1.29, 1.82) is 0 Å². The van der Waals surface area contributed by atoms with Gasteiger partial charge in [0.15, 0.2) is 9.84 Å². The fraction of sp³-hybridized carbons (Fsp3) is 0.455. The molecule has 1 atom stereocenters. The molecule has 16 heavy (non-hydrogen) atoms. The van der Waals surface area contributed by atoms with E-state index in [0.29, 0.717) is 16.0 Å². The smallest absolute Gasteiger partial charge is 0.182 e. The first-order valence-electron chi connectivity index (χ1n) is 5.35. The quantitative estimate of drug-likeness (QED) is 0.881. The second-order valence-electron chi connectivity index (χ2n) is 4.43. The normalized spacial score (nSPS) is 26.7. The van der Waals surface area contributed by atoms with Crippen LogP contribution in [0.2, 0.25) is 5.02 Å². The molecule has 1 aliphatic carbocycles. The SMILES string of the molecule is O=S1(=O)CC(NC2CC2)c2cccc(Cl)c21. The van der Waals surface area contributed by atoms with E-state index in [9.17, 15) is 8.42 Å². The number of benzene rings is 1. The highest BCUT2D eigenvalue weighted by Crippen LogP contribution is 2.39. The van der Waals surface area contributed by atoms with Crippen molar-refractivity contribution < 1.29 is 8.42 Å². The summed E-state index contributed by atoms with van der Waals surface area (Å²) in [6, 6.07) is 5.71. The lowest BCUT2D eigenvalue weighted by molar-refractivity contribution is 0.564. The molecular formula is C11H12ClNO2S. The summed E-state index contributed by atoms with van der Waals surface area (Å²) in [5, 5.41) is 3.70. The molecule has 0 amide bonds. The van der Waals surface area contributed by atoms with Crippen molar-refractivity contribution in [2.75, 3.05) is 5.75 Å². The van der Waals surface area contributed by atoms with Crippen LogP contribution >= 0.6 is 11.6 Å². The maximum absolute atomic E-state index is 12.0.